The van der Waals surface area contributed by atoms with E-state index in [1.165, 1.54) is 52.8 Å². The summed E-state index contributed by atoms with van der Waals surface area (Å²) >= 11 is 7.88. The third-order valence-electron chi connectivity index (χ3n) is 8.68. The lowest BCUT2D eigenvalue weighted by molar-refractivity contribution is 0.411. The van der Waals surface area contributed by atoms with E-state index in [1.54, 1.807) is 6.08 Å². The van der Waals surface area contributed by atoms with Crippen LogP contribution < -0.4 is 0 Å². The molecule has 0 amide bonds. The van der Waals surface area contributed by atoms with Gasteiger partial charge in [-0.3, -0.25) is 4.99 Å². The summed E-state index contributed by atoms with van der Waals surface area (Å²) in [6.07, 6.45) is 2.49. The summed E-state index contributed by atoms with van der Waals surface area (Å²) in [6, 6.07) is 34.8. The number of thiophene rings is 1. The SMILES string of the molecule is C=CC1=C(CC)OC(=N/CCl)/C1=C(\N=C)c1ccc(-n2c3ccccc3c3c4ccccc4c4c5ccccc5sc4c32)cc1. The molecule has 218 valence electrons. The fourth-order valence-corrected chi connectivity index (χ4v) is 8.19. The molecule has 5 aromatic carbocycles. The first-order valence-electron chi connectivity index (χ1n) is 14.9. The number of rotatable bonds is 6. The standard InChI is InChI=1S/C39H28ClN3OS/c1-4-25-31(5-2)44-39(42-22-40)35(25)36(41-3)23-18-20-24(21-19-23)43-30-16-10-8-14-28(30)33-26-12-6-7-13-27(26)34-29-15-9-11-17-32(29)45-38(34)37(33)43/h4,6-21H,1,3,5,22H2,2H3/b36-35-,42-39+. The van der Waals surface area contributed by atoms with Crippen LogP contribution in [0.5, 0.6) is 0 Å². The Morgan fingerprint density at radius 1 is 0.867 bits per heavy atom. The van der Waals surface area contributed by atoms with Gasteiger partial charge in [0.15, 0.2) is 0 Å². The summed E-state index contributed by atoms with van der Waals surface area (Å²) < 4.78 is 11.1. The summed E-state index contributed by atoms with van der Waals surface area (Å²) in [5.74, 6) is 1.25. The molecule has 6 heteroatoms. The fourth-order valence-electron chi connectivity index (χ4n) is 6.83. The molecule has 0 aliphatic carbocycles. The highest BCUT2D eigenvalue weighted by Crippen LogP contribution is 2.47. The van der Waals surface area contributed by atoms with E-state index >= 15 is 0 Å². The number of hydrogen-bond donors (Lipinski definition) is 0. The monoisotopic (exact) mass is 621 g/mol. The molecular weight excluding hydrogens is 594 g/mol. The molecule has 0 spiro atoms. The van der Waals surface area contributed by atoms with Crippen molar-refractivity contribution in [3.8, 4) is 5.69 Å². The van der Waals surface area contributed by atoms with E-state index in [0.29, 0.717) is 18.0 Å². The number of para-hydroxylation sites is 1. The molecule has 2 aromatic heterocycles. The number of nitrogens with zero attached hydrogens (tertiary/aromatic N) is 3. The number of benzene rings is 5. The molecule has 0 fully saturated rings. The summed E-state index contributed by atoms with van der Waals surface area (Å²) in [7, 11) is 0. The largest absolute Gasteiger partial charge is 0.442 e. The average molecular weight is 622 g/mol. The van der Waals surface area contributed by atoms with Crippen molar-refractivity contribution in [2.24, 2.45) is 9.98 Å². The molecule has 0 unspecified atom stereocenters. The number of ether oxygens (including phenoxy) is 1. The van der Waals surface area contributed by atoms with Crippen LogP contribution >= 0.6 is 22.9 Å². The minimum Gasteiger partial charge on any atom is -0.442 e. The Morgan fingerprint density at radius 3 is 2.22 bits per heavy atom. The second-order valence-corrected chi connectivity index (χ2v) is 12.2. The third-order valence-corrected chi connectivity index (χ3v) is 9.97. The van der Waals surface area contributed by atoms with E-state index in [1.807, 2.05) is 18.3 Å². The molecule has 0 N–H and O–H groups in total. The molecule has 1 aliphatic rings. The molecule has 45 heavy (non-hydrogen) atoms. The lowest BCUT2D eigenvalue weighted by Gasteiger charge is -2.12. The number of allylic oxidation sites excluding steroid dienone is 2. The van der Waals surface area contributed by atoms with Crippen molar-refractivity contribution in [3.63, 3.8) is 0 Å². The first-order chi connectivity index (χ1) is 22.2. The van der Waals surface area contributed by atoms with Crippen LogP contribution in [0.4, 0.5) is 0 Å². The van der Waals surface area contributed by atoms with Gasteiger partial charge in [0.1, 0.15) is 11.8 Å². The molecule has 0 saturated heterocycles. The first kappa shape index (κ1) is 27.6. The van der Waals surface area contributed by atoms with E-state index in [9.17, 15) is 0 Å². The first-order valence-corrected chi connectivity index (χ1v) is 16.2. The Bertz CT molecular complexity index is 2460. The van der Waals surface area contributed by atoms with Gasteiger partial charge >= 0.3 is 0 Å². The minimum atomic E-state index is 0.0816. The Labute approximate surface area is 269 Å². The van der Waals surface area contributed by atoms with Gasteiger partial charge in [0.05, 0.1) is 27.0 Å². The van der Waals surface area contributed by atoms with Gasteiger partial charge in [-0.15, -0.1) is 22.9 Å². The average Bonchev–Trinajstić information content (AvgIpc) is 3.76. The molecule has 0 saturated carbocycles. The van der Waals surface area contributed by atoms with Crippen LogP contribution in [-0.2, 0) is 4.74 Å². The van der Waals surface area contributed by atoms with Crippen LogP contribution in [-0.4, -0.2) is 23.2 Å². The lowest BCUT2D eigenvalue weighted by Crippen LogP contribution is -2.04. The molecule has 1 aliphatic heterocycles. The highest BCUT2D eigenvalue weighted by molar-refractivity contribution is 7.27. The summed E-state index contributed by atoms with van der Waals surface area (Å²) in [5.41, 5.74) is 6.69. The smallest absolute Gasteiger partial charge is 0.225 e. The molecule has 0 bridgehead atoms. The van der Waals surface area contributed by atoms with Crippen molar-refractivity contribution in [1.29, 1.82) is 0 Å². The number of aliphatic imine (C=N–C) groups is 2. The number of halogens is 1. The zero-order valence-electron chi connectivity index (χ0n) is 24.7. The van der Waals surface area contributed by atoms with Crippen LogP contribution in [0, 0.1) is 0 Å². The Balaban J connectivity index is 1.43. The molecule has 0 radical (unpaired) electrons. The van der Waals surface area contributed by atoms with Crippen molar-refractivity contribution in [1.82, 2.24) is 4.57 Å². The predicted octanol–water partition coefficient (Wildman–Crippen LogP) is 11.2. The van der Waals surface area contributed by atoms with Gasteiger partial charge in [0, 0.05) is 49.5 Å². The summed E-state index contributed by atoms with van der Waals surface area (Å²) in [5, 5.41) is 7.67. The maximum absolute atomic E-state index is 6.08. The van der Waals surface area contributed by atoms with Crippen LogP contribution in [0.15, 0.2) is 137 Å². The summed E-state index contributed by atoms with van der Waals surface area (Å²) in [6.45, 7) is 10.0. The molecule has 3 heterocycles. The maximum atomic E-state index is 6.08. The maximum Gasteiger partial charge on any atom is 0.225 e. The molecule has 8 rings (SSSR count). The molecule has 7 aromatic rings. The molecule has 0 atom stereocenters. The summed E-state index contributed by atoms with van der Waals surface area (Å²) in [4.78, 5) is 8.89. The number of hydrogen-bond acceptors (Lipinski definition) is 4. The topological polar surface area (TPSA) is 38.9 Å². The molecular formula is C39H28ClN3OS. The zero-order valence-corrected chi connectivity index (χ0v) is 26.3. The van der Waals surface area contributed by atoms with Crippen molar-refractivity contribution >= 4 is 94.0 Å². The van der Waals surface area contributed by atoms with Crippen LogP contribution in [0.1, 0.15) is 18.9 Å². The Hall–Kier alpha value is -4.97. The number of fused-ring (bicyclic) bond motifs is 10. The van der Waals surface area contributed by atoms with E-state index in [0.717, 1.165) is 28.2 Å². The number of alkyl halides is 1. The van der Waals surface area contributed by atoms with Gasteiger partial charge in [-0.2, -0.15) is 0 Å². The van der Waals surface area contributed by atoms with Crippen molar-refractivity contribution in [2.45, 2.75) is 13.3 Å². The molecule has 4 nitrogen and oxygen atoms in total. The van der Waals surface area contributed by atoms with Crippen molar-refractivity contribution in [2.75, 3.05) is 6.00 Å². The number of aromatic nitrogens is 1. The van der Waals surface area contributed by atoms with Gasteiger partial charge in [-0.05, 0) is 41.8 Å². The normalized spacial score (nSPS) is 15.6. The van der Waals surface area contributed by atoms with Crippen molar-refractivity contribution in [3.05, 3.63) is 132 Å². The Kier molecular flexibility index (Phi) is 6.67. The zero-order chi connectivity index (χ0) is 30.7. The Morgan fingerprint density at radius 2 is 1.53 bits per heavy atom. The van der Waals surface area contributed by atoms with Crippen LogP contribution in [0.25, 0.3) is 64.1 Å². The van der Waals surface area contributed by atoms with Gasteiger partial charge in [0.2, 0.25) is 5.90 Å². The lowest BCUT2D eigenvalue weighted by atomic mass is 9.99. The highest BCUT2D eigenvalue weighted by atomic mass is 35.5. The van der Waals surface area contributed by atoms with E-state index < -0.39 is 0 Å². The second kappa shape index (κ2) is 10.9. The van der Waals surface area contributed by atoms with E-state index in [-0.39, 0.29) is 6.00 Å². The van der Waals surface area contributed by atoms with E-state index in [4.69, 9.17) is 16.3 Å². The third kappa shape index (κ3) is 4.04. The van der Waals surface area contributed by atoms with Crippen LogP contribution in [0.2, 0.25) is 0 Å². The van der Waals surface area contributed by atoms with Gasteiger partial charge in [0.25, 0.3) is 0 Å². The van der Waals surface area contributed by atoms with Gasteiger partial charge < -0.3 is 9.30 Å². The van der Waals surface area contributed by atoms with Crippen LogP contribution in [0.3, 0.4) is 0 Å². The van der Waals surface area contributed by atoms with Gasteiger partial charge in [-0.25, -0.2) is 4.99 Å². The van der Waals surface area contributed by atoms with Gasteiger partial charge in [-0.1, -0.05) is 92.4 Å². The van der Waals surface area contributed by atoms with E-state index in [2.05, 4.69) is 125 Å². The quantitative estimate of drug-likeness (QED) is 0.103. The van der Waals surface area contributed by atoms with Crippen molar-refractivity contribution < 1.29 is 4.74 Å². The minimum absolute atomic E-state index is 0.0816. The fraction of sp³-hybridized carbons (Fsp3) is 0.0769. The predicted molar refractivity (Wildman–Crippen MR) is 194 cm³/mol. The second-order valence-electron chi connectivity index (χ2n) is 10.9. The highest BCUT2D eigenvalue weighted by Gasteiger charge is 2.29.